The molecule has 2 rings (SSSR count). The van der Waals surface area contributed by atoms with E-state index in [4.69, 9.17) is 11.6 Å². The van der Waals surface area contributed by atoms with Crippen molar-refractivity contribution in [2.24, 2.45) is 0 Å². The molecular weight excluding hydrogens is 248 g/mol. The third kappa shape index (κ3) is 2.53. The van der Waals surface area contributed by atoms with Gasteiger partial charge >= 0.3 is 0 Å². The van der Waals surface area contributed by atoms with E-state index < -0.39 is 0 Å². The Kier molecular flexibility index (Phi) is 4.25. The average Bonchev–Trinajstić information content (AvgIpc) is 2.82. The molecule has 0 spiro atoms. The molecule has 18 heavy (non-hydrogen) atoms. The Bertz CT molecular complexity index is 403. The second kappa shape index (κ2) is 5.55. The van der Waals surface area contributed by atoms with Gasteiger partial charge in [0.15, 0.2) is 0 Å². The third-order valence-electron chi connectivity index (χ3n) is 4.25. The Hall–Kier alpha value is -0.640. The molecule has 1 aromatic heterocycles. The molecule has 1 aliphatic rings. The number of likely N-dealkylation sites (N-methyl/N-ethyl adjacent to an activating group) is 1. The monoisotopic (exact) mass is 268 g/mol. The van der Waals surface area contributed by atoms with E-state index >= 15 is 0 Å². The minimum atomic E-state index is -0.380. The lowest BCUT2D eigenvalue weighted by molar-refractivity contribution is -0.00250. The molecule has 0 aliphatic heterocycles. The molecule has 1 aromatic rings. The van der Waals surface area contributed by atoms with Crippen LogP contribution in [0.2, 0.25) is 5.02 Å². The Morgan fingerprint density at radius 2 is 2.11 bits per heavy atom. The van der Waals surface area contributed by atoms with Crippen molar-refractivity contribution < 1.29 is 5.11 Å². The lowest BCUT2D eigenvalue weighted by Gasteiger charge is -2.40. The zero-order valence-corrected chi connectivity index (χ0v) is 11.8. The number of halogens is 1. The summed E-state index contributed by atoms with van der Waals surface area (Å²) in [5.41, 5.74) is 0.888. The first-order chi connectivity index (χ1) is 8.56. The summed E-state index contributed by atoms with van der Waals surface area (Å²) >= 11 is 6.11. The number of nitrogens with zero attached hydrogens (tertiary/aromatic N) is 2. The summed E-state index contributed by atoms with van der Waals surface area (Å²) in [5.74, 6) is 0. The van der Waals surface area contributed by atoms with Crippen LogP contribution >= 0.6 is 11.6 Å². The minimum Gasteiger partial charge on any atom is -0.391 e. The van der Waals surface area contributed by atoms with E-state index in [0.29, 0.717) is 11.4 Å². The van der Waals surface area contributed by atoms with Crippen molar-refractivity contribution in [3.05, 3.63) is 29.0 Å². The number of aliphatic hydroxyl groups excluding tert-OH is 1. The molecule has 100 valence electrons. The van der Waals surface area contributed by atoms with Crippen molar-refractivity contribution >= 4 is 11.6 Å². The van der Waals surface area contributed by atoms with Crippen LogP contribution in [-0.4, -0.2) is 40.7 Å². The lowest BCUT2D eigenvalue weighted by Crippen LogP contribution is -2.52. The highest BCUT2D eigenvalue weighted by Crippen LogP contribution is 2.38. The number of rotatable bonds is 4. The fraction of sp³-hybridized carbons (Fsp3) is 0.643. The van der Waals surface area contributed by atoms with Gasteiger partial charge in [-0.05, 0) is 38.6 Å². The quantitative estimate of drug-likeness (QED) is 0.912. The van der Waals surface area contributed by atoms with Gasteiger partial charge in [0.05, 0.1) is 11.1 Å². The van der Waals surface area contributed by atoms with Gasteiger partial charge in [0, 0.05) is 24.4 Å². The number of pyridine rings is 1. The summed E-state index contributed by atoms with van der Waals surface area (Å²) in [7, 11) is 4.12. The highest BCUT2D eigenvalue weighted by molar-refractivity contribution is 6.31. The van der Waals surface area contributed by atoms with E-state index in [2.05, 4.69) is 24.0 Å². The van der Waals surface area contributed by atoms with Crippen LogP contribution in [0.25, 0.3) is 0 Å². The predicted octanol–water partition coefficient (Wildman–Crippen LogP) is 2.51. The van der Waals surface area contributed by atoms with Crippen LogP contribution in [0.1, 0.15) is 31.2 Å². The average molecular weight is 269 g/mol. The number of hydrogen-bond acceptors (Lipinski definition) is 3. The lowest BCUT2D eigenvalue weighted by atomic mass is 9.85. The zero-order valence-electron chi connectivity index (χ0n) is 11.1. The second-order valence-electron chi connectivity index (χ2n) is 5.39. The third-order valence-corrected chi connectivity index (χ3v) is 4.59. The van der Waals surface area contributed by atoms with Crippen LogP contribution in [-0.2, 0) is 6.42 Å². The number of aromatic nitrogens is 1. The van der Waals surface area contributed by atoms with E-state index in [-0.39, 0.29) is 11.6 Å². The molecule has 0 amide bonds. The molecule has 1 aliphatic carbocycles. The molecule has 0 saturated heterocycles. The highest BCUT2D eigenvalue weighted by atomic mass is 35.5. The highest BCUT2D eigenvalue weighted by Gasteiger charge is 2.42. The molecule has 1 saturated carbocycles. The van der Waals surface area contributed by atoms with E-state index in [9.17, 15) is 5.11 Å². The fourth-order valence-electron chi connectivity index (χ4n) is 3.03. The SMILES string of the molecule is CN(C)C1(C(O)Cc2ccncc2Cl)CCCC1. The van der Waals surface area contributed by atoms with Gasteiger partial charge in [-0.2, -0.15) is 0 Å². The van der Waals surface area contributed by atoms with Crippen molar-refractivity contribution in [2.45, 2.75) is 43.7 Å². The van der Waals surface area contributed by atoms with Crippen molar-refractivity contribution in [3.63, 3.8) is 0 Å². The Labute approximate surface area is 114 Å². The molecular formula is C14H21ClN2O. The topological polar surface area (TPSA) is 36.4 Å². The molecule has 1 N–H and O–H groups in total. The van der Waals surface area contributed by atoms with E-state index in [0.717, 1.165) is 18.4 Å². The zero-order chi connectivity index (χ0) is 13.2. The molecule has 4 heteroatoms. The van der Waals surface area contributed by atoms with Crippen LogP contribution in [0.3, 0.4) is 0 Å². The van der Waals surface area contributed by atoms with Gasteiger partial charge in [-0.15, -0.1) is 0 Å². The second-order valence-corrected chi connectivity index (χ2v) is 5.80. The minimum absolute atomic E-state index is 0.0907. The smallest absolute Gasteiger partial charge is 0.0764 e. The van der Waals surface area contributed by atoms with Crippen LogP contribution in [0.5, 0.6) is 0 Å². The predicted molar refractivity (Wildman–Crippen MR) is 73.8 cm³/mol. The molecule has 1 atom stereocenters. The standard InChI is InChI=1S/C14H21ClN2O/c1-17(2)14(6-3-4-7-14)13(18)9-11-5-8-16-10-12(11)15/h5,8,10,13,18H,3-4,6-7,9H2,1-2H3. The summed E-state index contributed by atoms with van der Waals surface area (Å²) in [6.07, 6.45) is 8.09. The first-order valence-corrected chi connectivity index (χ1v) is 6.88. The van der Waals surface area contributed by atoms with E-state index in [1.807, 2.05) is 6.07 Å². The maximum atomic E-state index is 10.6. The van der Waals surface area contributed by atoms with E-state index in [1.54, 1.807) is 12.4 Å². The van der Waals surface area contributed by atoms with Crippen molar-refractivity contribution in [2.75, 3.05) is 14.1 Å². The van der Waals surface area contributed by atoms with Gasteiger partial charge in [-0.25, -0.2) is 0 Å². The maximum absolute atomic E-state index is 10.6. The number of aliphatic hydroxyl groups is 1. The largest absolute Gasteiger partial charge is 0.391 e. The van der Waals surface area contributed by atoms with Crippen molar-refractivity contribution in [3.8, 4) is 0 Å². The number of hydrogen-bond donors (Lipinski definition) is 1. The molecule has 0 radical (unpaired) electrons. The Balaban J connectivity index is 2.16. The van der Waals surface area contributed by atoms with Crippen molar-refractivity contribution in [1.29, 1.82) is 0 Å². The van der Waals surface area contributed by atoms with Crippen LogP contribution < -0.4 is 0 Å². The molecule has 1 fully saturated rings. The maximum Gasteiger partial charge on any atom is 0.0764 e. The van der Waals surface area contributed by atoms with Crippen molar-refractivity contribution in [1.82, 2.24) is 9.88 Å². The summed E-state index contributed by atoms with van der Waals surface area (Å²) in [5, 5.41) is 11.3. The molecule has 0 aromatic carbocycles. The Morgan fingerprint density at radius 1 is 1.44 bits per heavy atom. The first kappa shape index (κ1) is 13.8. The fourth-order valence-corrected chi connectivity index (χ4v) is 3.23. The van der Waals surface area contributed by atoms with Gasteiger partial charge in [-0.3, -0.25) is 4.98 Å². The molecule has 3 nitrogen and oxygen atoms in total. The van der Waals surface area contributed by atoms with Gasteiger partial charge in [0.25, 0.3) is 0 Å². The van der Waals surface area contributed by atoms with Crippen LogP contribution in [0, 0.1) is 0 Å². The molecule has 0 bridgehead atoms. The van der Waals surface area contributed by atoms with Gasteiger partial charge in [-0.1, -0.05) is 24.4 Å². The first-order valence-electron chi connectivity index (χ1n) is 6.50. The van der Waals surface area contributed by atoms with Gasteiger partial charge < -0.3 is 10.0 Å². The van der Waals surface area contributed by atoms with Gasteiger partial charge in [0.2, 0.25) is 0 Å². The normalized spacial score (nSPS) is 20.3. The summed E-state index contributed by atoms with van der Waals surface area (Å²) < 4.78 is 0. The summed E-state index contributed by atoms with van der Waals surface area (Å²) in [6.45, 7) is 0. The molecule has 1 unspecified atom stereocenters. The Morgan fingerprint density at radius 3 is 2.67 bits per heavy atom. The van der Waals surface area contributed by atoms with Gasteiger partial charge in [0.1, 0.15) is 0 Å². The summed E-state index contributed by atoms with van der Waals surface area (Å²) in [4.78, 5) is 6.16. The molecule has 1 heterocycles. The summed E-state index contributed by atoms with van der Waals surface area (Å²) in [6, 6.07) is 1.89. The van der Waals surface area contributed by atoms with E-state index in [1.165, 1.54) is 12.8 Å². The van der Waals surface area contributed by atoms with Crippen LogP contribution in [0.15, 0.2) is 18.5 Å². The van der Waals surface area contributed by atoms with Crippen LogP contribution in [0.4, 0.5) is 0 Å².